The number of nitrogens with one attached hydrogen (secondary N) is 1. The number of rotatable bonds is 5. The lowest BCUT2D eigenvalue weighted by Gasteiger charge is -2.08. The van der Waals surface area contributed by atoms with Crippen LogP contribution in [0.3, 0.4) is 0 Å². The van der Waals surface area contributed by atoms with Gasteiger partial charge in [0.15, 0.2) is 4.90 Å². The fourth-order valence-electron chi connectivity index (χ4n) is 1.72. The van der Waals surface area contributed by atoms with Gasteiger partial charge in [0.2, 0.25) is 0 Å². The first-order valence-corrected chi connectivity index (χ1v) is 8.19. The van der Waals surface area contributed by atoms with Gasteiger partial charge in [0.1, 0.15) is 0 Å². The molecule has 0 radical (unpaired) electrons. The fraction of sp³-hybridized carbons (Fsp3) is 0. The third-order valence-electron chi connectivity index (χ3n) is 2.74. The van der Waals surface area contributed by atoms with E-state index in [1.54, 1.807) is 12.1 Å². The first-order chi connectivity index (χ1) is 10.7. The molecule has 11 heteroatoms. The van der Waals surface area contributed by atoms with Gasteiger partial charge in [0.25, 0.3) is 21.4 Å². The van der Waals surface area contributed by atoms with Crippen molar-refractivity contribution in [1.29, 1.82) is 0 Å². The second-order valence-electron chi connectivity index (χ2n) is 4.28. The first-order valence-electron chi connectivity index (χ1n) is 5.92. The third-order valence-corrected chi connectivity index (χ3v) is 4.69. The Morgan fingerprint density at radius 3 is 2.09 bits per heavy atom. The molecule has 0 aromatic heterocycles. The summed E-state index contributed by atoms with van der Waals surface area (Å²) >= 11 is 3.19. The molecule has 23 heavy (non-hydrogen) atoms. The Hall–Kier alpha value is -2.53. The van der Waals surface area contributed by atoms with Gasteiger partial charge in [0, 0.05) is 16.2 Å². The molecule has 120 valence electrons. The molecular formula is C12H8BrN3O6S. The maximum Gasteiger partial charge on any atom is 0.296 e. The lowest BCUT2D eigenvalue weighted by atomic mass is 10.3. The van der Waals surface area contributed by atoms with Crippen LogP contribution in [0, 0.1) is 20.2 Å². The van der Waals surface area contributed by atoms with Gasteiger partial charge in [-0.25, -0.2) is 8.42 Å². The predicted molar refractivity (Wildman–Crippen MR) is 84.7 cm³/mol. The SMILES string of the molecule is O=[N+]([O-])c1ccc(S(=O)(=O)Nc2ccc(Br)cc2)c([N+](=O)[O-])c1. The molecular weight excluding hydrogens is 394 g/mol. The normalized spacial score (nSPS) is 11.0. The van der Waals surface area contributed by atoms with Crippen molar-refractivity contribution in [3.8, 4) is 0 Å². The van der Waals surface area contributed by atoms with E-state index in [4.69, 9.17) is 0 Å². The maximum atomic E-state index is 12.3. The van der Waals surface area contributed by atoms with Gasteiger partial charge < -0.3 is 0 Å². The van der Waals surface area contributed by atoms with Gasteiger partial charge in [0.05, 0.1) is 15.9 Å². The van der Waals surface area contributed by atoms with Crippen molar-refractivity contribution < 1.29 is 18.3 Å². The Bertz CT molecular complexity index is 882. The zero-order valence-electron chi connectivity index (χ0n) is 11.2. The molecule has 0 fully saturated rings. The second kappa shape index (κ2) is 6.30. The number of nitro groups is 2. The molecule has 0 aliphatic carbocycles. The summed E-state index contributed by atoms with van der Waals surface area (Å²) in [5, 5.41) is 21.7. The highest BCUT2D eigenvalue weighted by molar-refractivity contribution is 9.10. The van der Waals surface area contributed by atoms with Crippen LogP contribution in [0.4, 0.5) is 17.1 Å². The van der Waals surface area contributed by atoms with E-state index < -0.39 is 36.1 Å². The minimum Gasteiger partial charge on any atom is -0.279 e. The van der Waals surface area contributed by atoms with Crippen molar-refractivity contribution in [2.75, 3.05) is 4.72 Å². The van der Waals surface area contributed by atoms with Crippen LogP contribution in [0.15, 0.2) is 51.8 Å². The van der Waals surface area contributed by atoms with E-state index >= 15 is 0 Å². The van der Waals surface area contributed by atoms with Crippen LogP contribution in [-0.4, -0.2) is 18.3 Å². The van der Waals surface area contributed by atoms with Crippen molar-refractivity contribution in [2.45, 2.75) is 4.90 Å². The van der Waals surface area contributed by atoms with Crippen LogP contribution in [0.1, 0.15) is 0 Å². The molecule has 0 unspecified atom stereocenters. The van der Waals surface area contributed by atoms with Gasteiger partial charge >= 0.3 is 0 Å². The van der Waals surface area contributed by atoms with E-state index in [-0.39, 0.29) is 5.69 Å². The minimum atomic E-state index is -4.27. The molecule has 0 aliphatic rings. The van der Waals surface area contributed by atoms with Crippen LogP contribution in [-0.2, 0) is 10.0 Å². The van der Waals surface area contributed by atoms with E-state index in [0.717, 1.165) is 16.6 Å². The first kappa shape index (κ1) is 16.8. The molecule has 1 N–H and O–H groups in total. The van der Waals surface area contributed by atoms with Gasteiger partial charge in [-0.1, -0.05) is 15.9 Å². The van der Waals surface area contributed by atoms with E-state index in [0.29, 0.717) is 6.07 Å². The summed E-state index contributed by atoms with van der Waals surface area (Å²) in [4.78, 5) is 19.2. The fourth-order valence-corrected chi connectivity index (χ4v) is 3.19. The highest BCUT2D eigenvalue weighted by Crippen LogP contribution is 2.29. The lowest BCUT2D eigenvalue weighted by molar-refractivity contribution is -0.396. The third kappa shape index (κ3) is 3.81. The smallest absolute Gasteiger partial charge is 0.279 e. The number of hydrogen-bond donors (Lipinski definition) is 1. The summed E-state index contributed by atoms with van der Waals surface area (Å²) in [7, 11) is -4.27. The highest BCUT2D eigenvalue weighted by Gasteiger charge is 2.28. The van der Waals surface area contributed by atoms with Crippen LogP contribution in [0.5, 0.6) is 0 Å². The van der Waals surface area contributed by atoms with Crippen molar-refractivity contribution in [1.82, 2.24) is 0 Å². The largest absolute Gasteiger partial charge is 0.296 e. The number of sulfonamides is 1. The van der Waals surface area contributed by atoms with Gasteiger partial charge in [-0.05, 0) is 30.3 Å². The van der Waals surface area contributed by atoms with Crippen molar-refractivity contribution >= 4 is 43.0 Å². The molecule has 2 aromatic carbocycles. The summed E-state index contributed by atoms with van der Waals surface area (Å²) < 4.78 is 27.5. The molecule has 0 bridgehead atoms. The minimum absolute atomic E-state index is 0.195. The average Bonchev–Trinajstić information content (AvgIpc) is 2.48. The van der Waals surface area contributed by atoms with Crippen molar-refractivity contribution in [3.63, 3.8) is 0 Å². The quantitative estimate of drug-likeness (QED) is 0.604. The summed E-state index contributed by atoms with van der Waals surface area (Å²) in [6.07, 6.45) is 0. The number of hydrogen-bond acceptors (Lipinski definition) is 6. The molecule has 0 saturated carbocycles. The van der Waals surface area contributed by atoms with Crippen molar-refractivity contribution in [3.05, 3.63) is 67.2 Å². The lowest BCUT2D eigenvalue weighted by Crippen LogP contribution is -2.14. The summed E-state index contributed by atoms with van der Waals surface area (Å²) in [5.41, 5.74) is -1.25. The summed E-state index contributed by atoms with van der Waals surface area (Å²) in [6, 6.07) is 8.42. The van der Waals surface area contributed by atoms with Crippen LogP contribution >= 0.6 is 15.9 Å². The molecule has 9 nitrogen and oxygen atoms in total. The van der Waals surface area contributed by atoms with Gasteiger partial charge in [-0.2, -0.15) is 0 Å². The maximum absolute atomic E-state index is 12.3. The number of nitrogens with zero attached hydrogens (tertiary/aromatic N) is 2. The molecule has 0 heterocycles. The topological polar surface area (TPSA) is 132 Å². The number of anilines is 1. The Balaban J connectivity index is 2.48. The predicted octanol–water partition coefficient (Wildman–Crippen LogP) is 3.07. The average molecular weight is 402 g/mol. The standard InChI is InChI=1S/C12H8BrN3O6S/c13-8-1-3-9(4-2-8)14-23(21,22)12-6-5-10(15(17)18)7-11(12)16(19)20/h1-7,14H. The van der Waals surface area contributed by atoms with E-state index in [1.165, 1.54) is 12.1 Å². The Morgan fingerprint density at radius 1 is 0.957 bits per heavy atom. The number of benzene rings is 2. The van der Waals surface area contributed by atoms with E-state index in [9.17, 15) is 28.6 Å². The van der Waals surface area contributed by atoms with Crippen LogP contribution in [0.2, 0.25) is 0 Å². The van der Waals surface area contributed by atoms with Crippen LogP contribution < -0.4 is 4.72 Å². The second-order valence-corrected chi connectivity index (χ2v) is 6.85. The van der Waals surface area contributed by atoms with Crippen LogP contribution in [0.25, 0.3) is 0 Å². The Labute approximate surface area is 138 Å². The molecule has 2 rings (SSSR count). The zero-order chi connectivity index (χ0) is 17.2. The summed E-state index contributed by atoms with van der Waals surface area (Å²) in [5.74, 6) is 0. The van der Waals surface area contributed by atoms with Crippen molar-refractivity contribution in [2.24, 2.45) is 0 Å². The molecule has 0 spiro atoms. The number of halogens is 1. The molecule has 0 amide bonds. The summed E-state index contributed by atoms with van der Waals surface area (Å²) in [6.45, 7) is 0. The molecule has 2 aromatic rings. The van der Waals surface area contributed by atoms with E-state index in [2.05, 4.69) is 20.7 Å². The molecule has 0 saturated heterocycles. The number of nitro benzene ring substituents is 2. The number of non-ortho nitro benzene ring substituents is 1. The van der Waals surface area contributed by atoms with Gasteiger partial charge in [-0.3, -0.25) is 25.0 Å². The molecule has 0 atom stereocenters. The highest BCUT2D eigenvalue weighted by atomic mass is 79.9. The Kier molecular flexibility index (Phi) is 4.61. The Morgan fingerprint density at radius 2 is 1.57 bits per heavy atom. The monoisotopic (exact) mass is 401 g/mol. The molecule has 0 aliphatic heterocycles. The van der Waals surface area contributed by atoms with Gasteiger partial charge in [-0.15, -0.1) is 0 Å². The zero-order valence-corrected chi connectivity index (χ0v) is 13.6. The van der Waals surface area contributed by atoms with E-state index in [1.807, 2.05) is 0 Å².